The number of aromatic amines is 1. The molecule has 3 N–H and O–H groups in total. The van der Waals surface area contributed by atoms with Crippen molar-refractivity contribution < 1.29 is 5.11 Å². The number of aliphatic hydroxyl groups is 1. The van der Waals surface area contributed by atoms with Crippen molar-refractivity contribution in [2.24, 2.45) is 0 Å². The van der Waals surface area contributed by atoms with Gasteiger partial charge in [0.25, 0.3) is 0 Å². The normalized spacial score (nSPS) is 12.6. The van der Waals surface area contributed by atoms with Crippen molar-refractivity contribution in [3.8, 4) is 22.5 Å². The van der Waals surface area contributed by atoms with Gasteiger partial charge in [0.05, 0.1) is 16.8 Å². The molecule has 9 heteroatoms. The maximum atomic E-state index is 9.50. The highest BCUT2D eigenvalue weighted by Gasteiger charge is 2.18. The summed E-state index contributed by atoms with van der Waals surface area (Å²) >= 11 is 6.28. The first-order chi connectivity index (χ1) is 13.9. The molecular weight excluding hydrogens is 390 g/mol. The summed E-state index contributed by atoms with van der Waals surface area (Å²) in [5, 5.41) is 18.8. The highest BCUT2D eigenvalue weighted by molar-refractivity contribution is 6.35. The fourth-order valence-electron chi connectivity index (χ4n) is 2.99. The Morgan fingerprint density at radius 1 is 1.28 bits per heavy atom. The summed E-state index contributed by atoms with van der Waals surface area (Å²) in [6.45, 7) is 6.21. The van der Waals surface area contributed by atoms with Crippen LogP contribution in [-0.2, 0) is 0 Å². The van der Waals surface area contributed by atoms with E-state index >= 15 is 0 Å². The molecule has 0 bridgehead atoms. The molecule has 0 fully saturated rings. The summed E-state index contributed by atoms with van der Waals surface area (Å²) in [4.78, 5) is 16.4. The van der Waals surface area contributed by atoms with Crippen LogP contribution >= 0.6 is 11.6 Å². The van der Waals surface area contributed by atoms with Gasteiger partial charge in [-0.1, -0.05) is 11.6 Å². The third kappa shape index (κ3) is 3.94. The largest absolute Gasteiger partial charge is 0.392 e. The quantitative estimate of drug-likeness (QED) is 0.444. The maximum absolute atomic E-state index is 9.50. The number of aliphatic hydroxyl groups excluding tert-OH is 1. The molecule has 0 aromatic carbocycles. The molecule has 4 heterocycles. The summed E-state index contributed by atoms with van der Waals surface area (Å²) in [6, 6.07) is 4.00. The van der Waals surface area contributed by atoms with Crippen LogP contribution in [0.3, 0.4) is 0 Å². The molecule has 0 aliphatic rings. The Balaban J connectivity index is 1.81. The third-order valence-electron chi connectivity index (χ3n) is 4.50. The number of pyridine rings is 1. The number of nitrogens with zero attached hydrogens (tertiary/aromatic N) is 5. The molecule has 4 aromatic rings. The van der Waals surface area contributed by atoms with Gasteiger partial charge in [0.15, 0.2) is 0 Å². The van der Waals surface area contributed by atoms with Gasteiger partial charge in [0.1, 0.15) is 11.3 Å². The van der Waals surface area contributed by atoms with E-state index in [9.17, 15) is 5.11 Å². The van der Waals surface area contributed by atoms with E-state index in [1.165, 1.54) is 0 Å². The number of halogens is 1. The van der Waals surface area contributed by atoms with E-state index in [1.54, 1.807) is 25.5 Å². The van der Waals surface area contributed by atoms with Crippen LogP contribution in [0, 0.1) is 0 Å². The van der Waals surface area contributed by atoms with E-state index in [0.717, 1.165) is 33.5 Å². The molecule has 1 atom stereocenters. The van der Waals surface area contributed by atoms with E-state index in [2.05, 4.69) is 39.1 Å². The smallest absolute Gasteiger partial charge is 0.223 e. The van der Waals surface area contributed by atoms with Crippen molar-refractivity contribution in [1.29, 1.82) is 0 Å². The standard InChI is InChI=1S/C20H22ClN7O/c1-11(2)28-10-15(17-4-5-22-20(26-17)25-7-12(3)29)18(27-28)13-6-14-16(21)9-24-19(14)23-8-13/h4-6,8-12,29H,7H2,1-3H3,(H,23,24)(H,22,25,26)/t12-/m0/s1. The van der Waals surface area contributed by atoms with Crippen LogP contribution in [0.5, 0.6) is 0 Å². The minimum atomic E-state index is -0.495. The maximum Gasteiger partial charge on any atom is 0.223 e. The lowest BCUT2D eigenvalue weighted by Gasteiger charge is -2.08. The summed E-state index contributed by atoms with van der Waals surface area (Å²) in [6.07, 6.45) is 6.67. The lowest BCUT2D eigenvalue weighted by atomic mass is 10.1. The van der Waals surface area contributed by atoms with Crippen LogP contribution in [0.15, 0.2) is 36.9 Å². The Bertz CT molecular complexity index is 1150. The molecule has 150 valence electrons. The Morgan fingerprint density at radius 2 is 2.10 bits per heavy atom. The van der Waals surface area contributed by atoms with Gasteiger partial charge in [-0.15, -0.1) is 0 Å². The second kappa shape index (κ2) is 7.81. The SMILES string of the molecule is CC(C)n1cc(-c2ccnc(NC[C@H](C)O)n2)c(-c2cnc3[nH]cc(Cl)c3c2)n1. The number of hydrogen-bond acceptors (Lipinski definition) is 6. The van der Waals surface area contributed by atoms with Crippen molar-refractivity contribution in [3.05, 3.63) is 41.9 Å². The predicted molar refractivity (Wildman–Crippen MR) is 114 cm³/mol. The average molecular weight is 412 g/mol. The van der Waals surface area contributed by atoms with Crippen LogP contribution in [0.2, 0.25) is 5.02 Å². The Labute approximate surface area is 173 Å². The van der Waals surface area contributed by atoms with Gasteiger partial charge in [0.2, 0.25) is 5.95 Å². The van der Waals surface area contributed by atoms with E-state index in [0.29, 0.717) is 17.5 Å². The van der Waals surface area contributed by atoms with Gasteiger partial charge in [-0.25, -0.2) is 15.0 Å². The molecule has 29 heavy (non-hydrogen) atoms. The third-order valence-corrected chi connectivity index (χ3v) is 4.81. The number of aromatic nitrogens is 6. The summed E-state index contributed by atoms with van der Waals surface area (Å²) in [5.74, 6) is 0.453. The summed E-state index contributed by atoms with van der Waals surface area (Å²) < 4.78 is 1.90. The van der Waals surface area contributed by atoms with Crippen LogP contribution in [-0.4, -0.2) is 47.5 Å². The summed E-state index contributed by atoms with van der Waals surface area (Å²) in [7, 11) is 0. The second-order valence-electron chi connectivity index (χ2n) is 7.22. The topological polar surface area (TPSA) is 105 Å². The Hall–Kier alpha value is -2.97. The molecule has 0 saturated heterocycles. The van der Waals surface area contributed by atoms with Crippen LogP contribution in [0.4, 0.5) is 5.95 Å². The van der Waals surface area contributed by atoms with Gasteiger partial charge >= 0.3 is 0 Å². The first kappa shape index (κ1) is 19.4. The molecule has 4 aromatic heterocycles. The summed E-state index contributed by atoms with van der Waals surface area (Å²) in [5.41, 5.74) is 3.95. The zero-order valence-electron chi connectivity index (χ0n) is 16.4. The highest BCUT2D eigenvalue weighted by atomic mass is 35.5. The van der Waals surface area contributed by atoms with Gasteiger partial charge in [-0.2, -0.15) is 5.10 Å². The molecular formula is C20H22ClN7O. The molecule has 0 aliphatic carbocycles. The van der Waals surface area contributed by atoms with Crippen LogP contribution in [0.1, 0.15) is 26.8 Å². The first-order valence-electron chi connectivity index (χ1n) is 9.40. The minimum absolute atomic E-state index is 0.185. The molecule has 0 radical (unpaired) electrons. The Morgan fingerprint density at radius 3 is 2.86 bits per heavy atom. The zero-order chi connectivity index (χ0) is 20.5. The number of fused-ring (bicyclic) bond motifs is 1. The molecule has 0 amide bonds. The van der Waals surface area contributed by atoms with Crippen LogP contribution in [0.25, 0.3) is 33.5 Å². The Kier molecular flexibility index (Phi) is 5.21. The molecule has 4 rings (SSSR count). The van der Waals surface area contributed by atoms with Crippen molar-refractivity contribution in [1.82, 2.24) is 29.7 Å². The van der Waals surface area contributed by atoms with E-state index in [4.69, 9.17) is 16.7 Å². The predicted octanol–water partition coefficient (Wildman–Crippen LogP) is 3.91. The van der Waals surface area contributed by atoms with Gasteiger partial charge in [-0.05, 0) is 32.9 Å². The van der Waals surface area contributed by atoms with E-state index < -0.39 is 6.10 Å². The number of rotatable bonds is 6. The molecule has 0 aliphatic heterocycles. The molecule has 0 saturated carbocycles. The second-order valence-corrected chi connectivity index (χ2v) is 7.62. The van der Waals surface area contributed by atoms with Crippen molar-refractivity contribution in [2.45, 2.75) is 32.9 Å². The van der Waals surface area contributed by atoms with E-state index in [1.807, 2.05) is 23.0 Å². The van der Waals surface area contributed by atoms with Crippen molar-refractivity contribution in [2.75, 3.05) is 11.9 Å². The fourth-order valence-corrected chi connectivity index (χ4v) is 3.19. The lowest BCUT2D eigenvalue weighted by molar-refractivity contribution is 0.208. The fraction of sp³-hybridized carbons (Fsp3) is 0.300. The highest BCUT2D eigenvalue weighted by Crippen LogP contribution is 2.33. The van der Waals surface area contributed by atoms with Crippen molar-refractivity contribution in [3.63, 3.8) is 0 Å². The average Bonchev–Trinajstić information content (AvgIpc) is 3.31. The van der Waals surface area contributed by atoms with Crippen LogP contribution < -0.4 is 5.32 Å². The molecule has 0 spiro atoms. The molecule has 8 nitrogen and oxygen atoms in total. The minimum Gasteiger partial charge on any atom is -0.392 e. The number of nitrogens with one attached hydrogen (secondary N) is 2. The molecule has 0 unspecified atom stereocenters. The number of hydrogen-bond donors (Lipinski definition) is 3. The monoisotopic (exact) mass is 411 g/mol. The first-order valence-corrected chi connectivity index (χ1v) is 9.77. The van der Waals surface area contributed by atoms with Crippen molar-refractivity contribution >= 4 is 28.6 Å². The number of H-pyrrole nitrogens is 1. The zero-order valence-corrected chi connectivity index (χ0v) is 17.1. The van der Waals surface area contributed by atoms with E-state index in [-0.39, 0.29) is 6.04 Å². The lowest BCUT2D eigenvalue weighted by Crippen LogP contribution is -2.16. The van der Waals surface area contributed by atoms with Gasteiger partial charge in [-0.3, -0.25) is 4.68 Å². The number of anilines is 1. The van der Waals surface area contributed by atoms with Gasteiger partial charge in [0, 0.05) is 53.9 Å². The van der Waals surface area contributed by atoms with Gasteiger partial charge < -0.3 is 15.4 Å².